The maximum Gasteiger partial charge on any atom is 0.276 e. The second-order valence-electron chi connectivity index (χ2n) is 6.42. The van der Waals surface area contributed by atoms with Gasteiger partial charge in [-0.25, -0.2) is 0 Å². The molecule has 3 atom stereocenters. The van der Waals surface area contributed by atoms with E-state index in [1.54, 1.807) is 24.3 Å². The zero-order valence-corrected chi connectivity index (χ0v) is 15.4. The summed E-state index contributed by atoms with van der Waals surface area (Å²) < 4.78 is 5.36. The Morgan fingerprint density at radius 1 is 1.32 bits per heavy atom. The zero-order chi connectivity index (χ0) is 18.2. The van der Waals surface area contributed by atoms with Gasteiger partial charge in [-0.15, -0.1) is 0 Å². The van der Waals surface area contributed by atoms with Gasteiger partial charge in [0, 0.05) is 6.04 Å². The van der Waals surface area contributed by atoms with E-state index in [4.69, 9.17) is 22.2 Å². The van der Waals surface area contributed by atoms with Gasteiger partial charge in [0.1, 0.15) is 11.8 Å². The summed E-state index contributed by atoms with van der Waals surface area (Å²) >= 11 is 5.24. The van der Waals surface area contributed by atoms with Crippen LogP contribution in [0.25, 0.3) is 0 Å². The van der Waals surface area contributed by atoms with E-state index < -0.39 is 0 Å². The molecule has 0 unspecified atom stereocenters. The monoisotopic (exact) mass is 360 g/mol. The molecule has 0 aromatic heterocycles. The van der Waals surface area contributed by atoms with Crippen LogP contribution in [-0.2, 0) is 4.79 Å². The SMILES string of the molecule is C[C@H]1[C@@H](NC(=S)NNC(=O)COc2ccccc2C#N)CCC[C@@H]1C. The maximum absolute atomic E-state index is 11.9. The molecule has 0 heterocycles. The van der Waals surface area contributed by atoms with Crippen molar-refractivity contribution in [3.8, 4) is 11.8 Å². The van der Waals surface area contributed by atoms with Crippen molar-refractivity contribution < 1.29 is 9.53 Å². The van der Waals surface area contributed by atoms with E-state index in [9.17, 15) is 4.79 Å². The van der Waals surface area contributed by atoms with E-state index in [0.29, 0.717) is 34.3 Å². The van der Waals surface area contributed by atoms with Crippen molar-refractivity contribution in [1.82, 2.24) is 16.2 Å². The molecule has 0 saturated heterocycles. The molecule has 2 rings (SSSR count). The smallest absolute Gasteiger partial charge is 0.276 e. The number of para-hydroxylation sites is 1. The fraction of sp³-hybridized carbons (Fsp3) is 0.500. The van der Waals surface area contributed by atoms with Crippen LogP contribution in [0.3, 0.4) is 0 Å². The van der Waals surface area contributed by atoms with Crippen LogP contribution in [0.1, 0.15) is 38.7 Å². The predicted molar refractivity (Wildman–Crippen MR) is 99.6 cm³/mol. The molecule has 0 radical (unpaired) electrons. The summed E-state index contributed by atoms with van der Waals surface area (Å²) in [5.41, 5.74) is 5.60. The molecule has 1 aromatic rings. The van der Waals surface area contributed by atoms with E-state index in [2.05, 4.69) is 30.0 Å². The van der Waals surface area contributed by atoms with Gasteiger partial charge in [-0.05, 0) is 42.6 Å². The van der Waals surface area contributed by atoms with Crippen molar-refractivity contribution in [2.75, 3.05) is 6.61 Å². The number of nitrogens with zero attached hydrogens (tertiary/aromatic N) is 1. The van der Waals surface area contributed by atoms with Crippen LogP contribution in [0.2, 0.25) is 0 Å². The van der Waals surface area contributed by atoms with Crippen molar-refractivity contribution in [3.63, 3.8) is 0 Å². The molecule has 0 spiro atoms. The molecule has 3 N–H and O–H groups in total. The van der Waals surface area contributed by atoms with Gasteiger partial charge in [-0.3, -0.25) is 15.6 Å². The molecule has 25 heavy (non-hydrogen) atoms. The molecular formula is C18H24N4O2S. The van der Waals surface area contributed by atoms with Crippen LogP contribution in [0.5, 0.6) is 5.75 Å². The van der Waals surface area contributed by atoms with Crippen molar-refractivity contribution >= 4 is 23.2 Å². The van der Waals surface area contributed by atoms with E-state index in [1.165, 1.54) is 12.8 Å². The van der Waals surface area contributed by atoms with Gasteiger partial charge in [0.25, 0.3) is 5.91 Å². The number of carbonyl (C=O) groups is 1. The highest BCUT2D eigenvalue weighted by Crippen LogP contribution is 2.29. The van der Waals surface area contributed by atoms with E-state index in [1.807, 2.05) is 6.07 Å². The summed E-state index contributed by atoms with van der Waals surface area (Å²) in [5.74, 6) is 1.21. The molecular weight excluding hydrogens is 336 g/mol. The lowest BCUT2D eigenvalue weighted by Crippen LogP contribution is -2.53. The number of nitrogens with one attached hydrogen (secondary N) is 3. The number of hydrazine groups is 1. The predicted octanol–water partition coefficient (Wildman–Crippen LogP) is 2.26. The average Bonchev–Trinajstić information content (AvgIpc) is 2.62. The molecule has 1 fully saturated rings. The Hall–Kier alpha value is -2.33. The molecule has 1 aliphatic carbocycles. The van der Waals surface area contributed by atoms with Crippen molar-refractivity contribution in [1.29, 1.82) is 5.26 Å². The lowest BCUT2D eigenvalue weighted by atomic mass is 9.78. The van der Waals surface area contributed by atoms with Crippen molar-refractivity contribution in [2.45, 2.75) is 39.2 Å². The molecule has 6 nitrogen and oxygen atoms in total. The highest BCUT2D eigenvalue weighted by atomic mass is 32.1. The number of rotatable bonds is 4. The summed E-state index contributed by atoms with van der Waals surface area (Å²) in [4.78, 5) is 11.9. The molecule has 1 aromatic carbocycles. The maximum atomic E-state index is 11.9. The lowest BCUT2D eigenvalue weighted by Gasteiger charge is -2.35. The summed E-state index contributed by atoms with van der Waals surface area (Å²) in [6, 6.07) is 9.11. The third kappa shape index (κ3) is 5.61. The third-order valence-electron chi connectivity index (χ3n) is 4.71. The summed E-state index contributed by atoms with van der Waals surface area (Å²) in [7, 11) is 0. The first-order chi connectivity index (χ1) is 12.0. The summed E-state index contributed by atoms with van der Waals surface area (Å²) in [5, 5.41) is 12.7. The Morgan fingerprint density at radius 3 is 2.84 bits per heavy atom. The second kappa shape index (κ2) is 9.23. The molecule has 1 amide bonds. The van der Waals surface area contributed by atoms with Gasteiger partial charge in [0.15, 0.2) is 11.7 Å². The van der Waals surface area contributed by atoms with Gasteiger partial charge >= 0.3 is 0 Å². The summed E-state index contributed by atoms with van der Waals surface area (Å²) in [6.07, 6.45) is 3.51. The van der Waals surface area contributed by atoms with Crippen LogP contribution >= 0.6 is 12.2 Å². The zero-order valence-electron chi connectivity index (χ0n) is 14.5. The number of thiocarbonyl (C=S) groups is 1. The second-order valence-corrected chi connectivity index (χ2v) is 6.83. The highest BCUT2D eigenvalue weighted by molar-refractivity contribution is 7.80. The fourth-order valence-electron chi connectivity index (χ4n) is 2.98. The number of amides is 1. The van der Waals surface area contributed by atoms with Gasteiger partial charge in [-0.2, -0.15) is 5.26 Å². The summed E-state index contributed by atoms with van der Waals surface area (Å²) in [6.45, 7) is 4.28. The Kier molecular flexibility index (Phi) is 7.02. The van der Waals surface area contributed by atoms with Gasteiger partial charge in [0.05, 0.1) is 5.56 Å². The number of benzene rings is 1. The number of hydrogen-bond acceptors (Lipinski definition) is 4. The topological polar surface area (TPSA) is 86.2 Å². The van der Waals surface area contributed by atoms with Crippen LogP contribution in [0.15, 0.2) is 24.3 Å². The quantitative estimate of drug-likeness (QED) is 0.564. The normalized spacial score (nSPS) is 22.4. The largest absolute Gasteiger partial charge is 0.482 e. The highest BCUT2D eigenvalue weighted by Gasteiger charge is 2.27. The minimum atomic E-state index is -0.373. The molecule has 134 valence electrons. The molecule has 1 saturated carbocycles. The Labute approximate surface area is 153 Å². The first kappa shape index (κ1) is 19.0. The molecule has 0 aliphatic heterocycles. The fourth-order valence-corrected chi connectivity index (χ4v) is 3.18. The van der Waals surface area contributed by atoms with Gasteiger partial charge < -0.3 is 10.1 Å². The van der Waals surface area contributed by atoms with Crippen molar-refractivity contribution in [3.05, 3.63) is 29.8 Å². The Bertz CT molecular complexity index is 659. The minimum Gasteiger partial charge on any atom is -0.482 e. The minimum absolute atomic E-state index is 0.203. The standard InChI is InChI=1S/C18H24N4O2S/c1-12-6-5-8-15(13(12)2)20-18(25)22-21-17(23)11-24-16-9-4-3-7-14(16)10-19/h3-4,7,9,12-13,15H,5-6,8,11H2,1-2H3,(H,21,23)(H2,20,22,25)/t12-,13+,15-/m0/s1. The lowest BCUT2D eigenvalue weighted by molar-refractivity contribution is -0.123. The van der Waals surface area contributed by atoms with Gasteiger partial charge in [-0.1, -0.05) is 38.8 Å². The van der Waals surface area contributed by atoms with Gasteiger partial charge in [0.2, 0.25) is 0 Å². The molecule has 7 heteroatoms. The van der Waals surface area contributed by atoms with E-state index >= 15 is 0 Å². The number of carbonyl (C=O) groups excluding carboxylic acids is 1. The first-order valence-electron chi connectivity index (χ1n) is 8.48. The number of ether oxygens (including phenoxy) is 1. The average molecular weight is 360 g/mol. The molecule has 1 aliphatic rings. The first-order valence-corrected chi connectivity index (χ1v) is 8.89. The molecule has 0 bridgehead atoms. The van der Waals surface area contributed by atoms with Crippen LogP contribution in [0.4, 0.5) is 0 Å². The third-order valence-corrected chi connectivity index (χ3v) is 4.92. The van der Waals surface area contributed by atoms with E-state index in [-0.39, 0.29) is 12.5 Å². The number of hydrogen-bond donors (Lipinski definition) is 3. The Balaban J connectivity index is 1.72. The van der Waals surface area contributed by atoms with E-state index in [0.717, 1.165) is 6.42 Å². The van der Waals surface area contributed by atoms with Crippen LogP contribution < -0.4 is 20.9 Å². The van der Waals surface area contributed by atoms with Crippen LogP contribution in [-0.4, -0.2) is 23.7 Å². The Morgan fingerprint density at radius 2 is 2.08 bits per heavy atom. The van der Waals surface area contributed by atoms with Crippen molar-refractivity contribution in [2.24, 2.45) is 11.8 Å². The van der Waals surface area contributed by atoms with Crippen LogP contribution in [0, 0.1) is 23.2 Å². The number of nitriles is 1.